The van der Waals surface area contributed by atoms with Crippen LogP contribution in [0.2, 0.25) is 0 Å². The standard InChI is InChI=1S/C26H33N5O2/c1-17(2)18-5-7-20(8-6-18)26(32,24(3)15-31(4)16-24)21-11-19(13-28-14-21)23-29-22(33-30-23)12-25(27)9-10-25/h5-8,11,13-14,17,32H,9-10,12,15-16,27H2,1-4H3. The van der Waals surface area contributed by atoms with E-state index >= 15 is 0 Å². The first-order valence-electron chi connectivity index (χ1n) is 11.7. The van der Waals surface area contributed by atoms with Gasteiger partial charge in [-0.25, -0.2) is 0 Å². The van der Waals surface area contributed by atoms with Crippen LogP contribution in [-0.2, 0) is 12.0 Å². The second-order valence-corrected chi connectivity index (χ2v) is 10.7. The highest BCUT2D eigenvalue weighted by atomic mass is 16.5. The van der Waals surface area contributed by atoms with Crippen LogP contribution in [0.15, 0.2) is 47.2 Å². The Bertz CT molecular complexity index is 1150. The van der Waals surface area contributed by atoms with Gasteiger partial charge in [-0.15, -0.1) is 0 Å². The fourth-order valence-corrected chi connectivity index (χ4v) is 5.19. The highest BCUT2D eigenvalue weighted by Gasteiger charge is 2.55. The van der Waals surface area contributed by atoms with Gasteiger partial charge in [0, 0.05) is 54.0 Å². The number of hydrogen-bond donors (Lipinski definition) is 2. The van der Waals surface area contributed by atoms with Gasteiger partial charge in [0.1, 0.15) is 5.60 Å². The van der Waals surface area contributed by atoms with Crippen molar-refractivity contribution in [1.29, 1.82) is 0 Å². The second kappa shape index (κ2) is 7.72. The second-order valence-electron chi connectivity index (χ2n) is 10.7. The Labute approximate surface area is 195 Å². The Hall–Kier alpha value is -2.61. The van der Waals surface area contributed by atoms with Gasteiger partial charge in [0.25, 0.3) is 0 Å². The summed E-state index contributed by atoms with van der Waals surface area (Å²) in [6.07, 6.45) is 6.02. The maximum atomic E-state index is 12.4. The predicted molar refractivity (Wildman–Crippen MR) is 127 cm³/mol. The molecule has 2 fully saturated rings. The molecule has 1 atom stereocenters. The molecule has 0 amide bonds. The van der Waals surface area contributed by atoms with E-state index in [2.05, 4.69) is 60.0 Å². The Morgan fingerprint density at radius 1 is 1.15 bits per heavy atom. The summed E-state index contributed by atoms with van der Waals surface area (Å²) in [5.74, 6) is 1.44. The number of likely N-dealkylation sites (tertiary alicyclic amines) is 1. The predicted octanol–water partition coefficient (Wildman–Crippen LogP) is 3.48. The summed E-state index contributed by atoms with van der Waals surface area (Å²) >= 11 is 0. The van der Waals surface area contributed by atoms with E-state index in [4.69, 9.17) is 10.3 Å². The molecular formula is C26H33N5O2. The number of pyridine rings is 1. The quantitative estimate of drug-likeness (QED) is 0.572. The molecule has 1 saturated carbocycles. The molecule has 2 aromatic heterocycles. The molecule has 174 valence electrons. The number of nitrogens with two attached hydrogens (primary N) is 1. The normalized spacial score (nSPS) is 20.9. The summed E-state index contributed by atoms with van der Waals surface area (Å²) in [6, 6.07) is 10.3. The van der Waals surface area contributed by atoms with Crippen molar-refractivity contribution in [2.75, 3.05) is 20.1 Å². The van der Waals surface area contributed by atoms with E-state index in [-0.39, 0.29) is 11.0 Å². The lowest BCUT2D eigenvalue weighted by Gasteiger charge is -2.55. The van der Waals surface area contributed by atoms with E-state index in [1.165, 1.54) is 5.56 Å². The Morgan fingerprint density at radius 2 is 1.85 bits per heavy atom. The highest BCUT2D eigenvalue weighted by Crippen LogP contribution is 2.50. The third-order valence-electron chi connectivity index (χ3n) is 7.38. The summed E-state index contributed by atoms with van der Waals surface area (Å²) in [5.41, 5.74) is 8.01. The molecule has 2 aliphatic rings. The Morgan fingerprint density at radius 3 is 2.45 bits per heavy atom. The maximum absolute atomic E-state index is 12.4. The van der Waals surface area contributed by atoms with Crippen LogP contribution in [0.5, 0.6) is 0 Å². The van der Waals surface area contributed by atoms with Crippen LogP contribution in [0.3, 0.4) is 0 Å². The van der Waals surface area contributed by atoms with Gasteiger partial charge in [-0.2, -0.15) is 4.98 Å². The number of nitrogens with zero attached hydrogens (tertiary/aromatic N) is 4. The Balaban J connectivity index is 1.53. The molecule has 7 nitrogen and oxygen atoms in total. The average Bonchev–Trinajstić information content (AvgIpc) is 3.32. The number of aromatic nitrogens is 3. The molecule has 33 heavy (non-hydrogen) atoms. The molecule has 3 N–H and O–H groups in total. The molecule has 1 aromatic carbocycles. The molecule has 7 heteroatoms. The number of rotatable bonds is 7. The lowest BCUT2D eigenvalue weighted by Crippen LogP contribution is -2.63. The van der Waals surface area contributed by atoms with Gasteiger partial charge >= 0.3 is 0 Å². The summed E-state index contributed by atoms with van der Waals surface area (Å²) in [4.78, 5) is 11.2. The molecule has 1 unspecified atom stereocenters. The van der Waals surface area contributed by atoms with Crippen LogP contribution in [0, 0.1) is 5.41 Å². The maximum Gasteiger partial charge on any atom is 0.228 e. The van der Waals surface area contributed by atoms with E-state index in [1.807, 2.05) is 18.2 Å². The first kappa shape index (κ1) is 22.2. The average molecular weight is 448 g/mol. The van der Waals surface area contributed by atoms with Crippen LogP contribution in [0.4, 0.5) is 0 Å². The van der Waals surface area contributed by atoms with Crippen molar-refractivity contribution in [2.45, 2.75) is 57.1 Å². The fourth-order valence-electron chi connectivity index (χ4n) is 5.19. The van der Waals surface area contributed by atoms with Crippen LogP contribution in [0.1, 0.15) is 62.1 Å². The SMILES string of the molecule is CC(C)c1ccc(C(O)(c2cncc(-c3noc(CC4(N)CC4)n3)c2)C2(C)CN(C)C2)cc1. The first-order chi connectivity index (χ1) is 15.6. The molecule has 0 spiro atoms. The molecule has 5 rings (SSSR count). The molecule has 1 aliphatic heterocycles. The minimum Gasteiger partial charge on any atom is -0.380 e. The van der Waals surface area contributed by atoms with E-state index in [1.54, 1.807) is 12.4 Å². The lowest BCUT2D eigenvalue weighted by atomic mass is 9.62. The first-order valence-corrected chi connectivity index (χ1v) is 11.7. The van der Waals surface area contributed by atoms with Crippen molar-refractivity contribution in [2.24, 2.45) is 11.1 Å². The smallest absolute Gasteiger partial charge is 0.228 e. The minimum atomic E-state index is -1.21. The van der Waals surface area contributed by atoms with Crippen molar-refractivity contribution in [1.82, 2.24) is 20.0 Å². The van der Waals surface area contributed by atoms with Crippen LogP contribution >= 0.6 is 0 Å². The van der Waals surface area contributed by atoms with Crippen molar-refractivity contribution >= 4 is 0 Å². The number of aliphatic hydroxyl groups is 1. The van der Waals surface area contributed by atoms with Crippen molar-refractivity contribution in [3.63, 3.8) is 0 Å². The summed E-state index contributed by atoms with van der Waals surface area (Å²) in [7, 11) is 2.07. The zero-order valence-electron chi connectivity index (χ0n) is 19.9. The van der Waals surface area contributed by atoms with Gasteiger partial charge in [0.2, 0.25) is 11.7 Å². The van der Waals surface area contributed by atoms with Gasteiger partial charge in [-0.05, 0) is 43.0 Å². The zero-order valence-corrected chi connectivity index (χ0v) is 19.9. The third-order valence-corrected chi connectivity index (χ3v) is 7.38. The molecule has 3 aromatic rings. The molecular weight excluding hydrogens is 414 g/mol. The topological polar surface area (TPSA) is 101 Å². The van der Waals surface area contributed by atoms with Crippen molar-refractivity contribution in [3.8, 4) is 11.4 Å². The van der Waals surface area contributed by atoms with Gasteiger partial charge in [0.05, 0.1) is 0 Å². The van der Waals surface area contributed by atoms with Crippen molar-refractivity contribution in [3.05, 3.63) is 65.3 Å². The fraction of sp³-hybridized carbons (Fsp3) is 0.500. The van der Waals surface area contributed by atoms with Crippen LogP contribution in [-0.4, -0.2) is 50.8 Å². The number of benzene rings is 1. The summed E-state index contributed by atoms with van der Waals surface area (Å²) in [5, 5.41) is 16.5. The highest BCUT2D eigenvalue weighted by molar-refractivity contribution is 5.56. The molecule has 1 saturated heterocycles. The van der Waals surface area contributed by atoms with Gasteiger partial charge in [-0.3, -0.25) is 4.98 Å². The molecule has 1 aliphatic carbocycles. The van der Waals surface area contributed by atoms with Gasteiger partial charge in [-0.1, -0.05) is 50.2 Å². The van der Waals surface area contributed by atoms with Gasteiger partial charge in [0.15, 0.2) is 0 Å². The van der Waals surface area contributed by atoms with Crippen LogP contribution in [0.25, 0.3) is 11.4 Å². The minimum absolute atomic E-state index is 0.197. The third kappa shape index (κ3) is 3.88. The summed E-state index contributed by atoms with van der Waals surface area (Å²) < 4.78 is 5.46. The van der Waals surface area contributed by atoms with Gasteiger partial charge < -0.3 is 20.3 Å². The van der Waals surface area contributed by atoms with E-state index in [9.17, 15) is 5.11 Å². The van der Waals surface area contributed by atoms with E-state index in [0.717, 1.165) is 42.6 Å². The molecule has 0 radical (unpaired) electrons. The largest absolute Gasteiger partial charge is 0.380 e. The zero-order chi connectivity index (χ0) is 23.4. The lowest BCUT2D eigenvalue weighted by molar-refractivity contribution is -0.127. The van der Waals surface area contributed by atoms with Crippen LogP contribution < -0.4 is 5.73 Å². The molecule has 0 bridgehead atoms. The summed E-state index contributed by atoms with van der Waals surface area (Å²) in [6.45, 7) is 8.05. The van der Waals surface area contributed by atoms with E-state index in [0.29, 0.717) is 24.1 Å². The van der Waals surface area contributed by atoms with Crippen molar-refractivity contribution < 1.29 is 9.63 Å². The van der Waals surface area contributed by atoms with E-state index < -0.39 is 5.60 Å². The number of hydrogen-bond acceptors (Lipinski definition) is 7. The monoisotopic (exact) mass is 447 g/mol. The molecule has 3 heterocycles. The Kier molecular flexibility index (Phi) is 5.19.